The molecule has 0 unspecified atom stereocenters. The molecule has 0 aromatic rings. The first-order valence-corrected chi connectivity index (χ1v) is 2.20. The van der Waals surface area contributed by atoms with E-state index < -0.39 is 0 Å². The molecule has 0 heterocycles. The third kappa shape index (κ3) is 5.43. The van der Waals surface area contributed by atoms with Crippen LogP contribution in [0.3, 0.4) is 0 Å². The first kappa shape index (κ1) is 6.43. The minimum absolute atomic E-state index is 0.295. The van der Waals surface area contributed by atoms with E-state index in [1.807, 2.05) is 0 Å². The van der Waals surface area contributed by atoms with Crippen LogP contribution in [0.1, 0.15) is 12.8 Å². The number of carbonyl (C=O) groups excluding carboxylic acids is 1. The van der Waals surface area contributed by atoms with E-state index in [0.717, 1.165) is 0 Å². The number of nitrogens with two attached hydrogens (primary N) is 1. The van der Waals surface area contributed by atoms with Crippen LogP contribution < -0.4 is 11.5 Å². The van der Waals surface area contributed by atoms with Crippen LogP contribution in [0, 0.1) is 0 Å². The van der Waals surface area contributed by atoms with Gasteiger partial charge in [-0.05, 0) is 6.42 Å². The van der Waals surface area contributed by atoms with E-state index in [1.165, 1.54) is 0 Å². The van der Waals surface area contributed by atoms with Crippen molar-refractivity contribution in [2.24, 2.45) is 5.73 Å². The quantitative estimate of drug-likeness (QED) is 0.513. The molecule has 0 spiro atoms. The first-order chi connectivity index (χ1) is 3.27. The maximum absolute atomic E-state index is 9.90. The molecule has 0 saturated heterocycles. The molecule has 1 amide bonds. The lowest BCUT2D eigenvalue weighted by molar-refractivity contribution is -0.118. The van der Waals surface area contributed by atoms with Gasteiger partial charge in [0, 0.05) is 13.0 Å². The summed E-state index contributed by atoms with van der Waals surface area (Å²) in [7, 11) is 0. The molecule has 0 bridgehead atoms. The zero-order chi connectivity index (χ0) is 5.70. The van der Waals surface area contributed by atoms with Gasteiger partial charge in [-0.3, -0.25) is 10.5 Å². The summed E-state index contributed by atoms with van der Waals surface area (Å²) in [5.41, 5.74) is 11.3. The molecular weight excluding hydrogens is 92.1 g/mol. The van der Waals surface area contributed by atoms with Crippen molar-refractivity contribution in [2.75, 3.05) is 6.54 Å². The summed E-state index contributed by atoms with van der Waals surface area (Å²) in [6, 6.07) is 0. The van der Waals surface area contributed by atoms with Crippen LogP contribution >= 0.6 is 0 Å². The fourth-order valence-electron chi connectivity index (χ4n) is 0.263. The van der Waals surface area contributed by atoms with Gasteiger partial charge in [-0.1, -0.05) is 0 Å². The zero-order valence-corrected chi connectivity index (χ0v) is 4.11. The largest absolute Gasteiger partial charge is 0.370 e. The molecule has 0 aromatic heterocycles. The van der Waals surface area contributed by atoms with Crippen molar-refractivity contribution < 1.29 is 4.79 Å². The second kappa shape index (κ2) is 3.61. The van der Waals surface area contributed by atoms with Crippen molar-refractivity contribution in [3.05, 3.63) is 0 Å². The van der Waals surface area contributed by atoms with Gasteiger partial charge in [0.25, 0.3) is 0 Å². The summed E-state index contributed by atoms with van der Waals surface area (Å²) >= 11 is 0. The number of hydrogen-bond donors (Lipinski definition) is 1. The summed E-state index contributed by atoms with van der Waals surface area (Å²) < 4.78 is 0. The van der Waals surface area contributed by atoms with Gasteiger partial charge in [-0.15, -0.1) is 0 Å². The molecule has 3 nitrogen and oxygen atoms in total. The van der Waals surface area contributed by atoms with Gasteiger partial charge < -0.3 is 5.73 Å². The fourth-order valence-corrected chi connectivity index (χ4v) is 0.263. The number of nitrogens with one attached hydrogen (secondary N) is 1. The second-order valence-corrected chi connectivity index (χ2v) is 1.32. The topological polar surface area (TPSA) is 66.9 Å². The normalized spacial score (nSPS) is 8.71. The summed E-state index contributed by atoms with van der Waals surface area (Å²) in [4.78, 5) is 9.90. The minimum atomic E-state index is -0.313. The predicted octanol–water partition coefficient (Wildman–Crippen LogP) is -0.465. The SMILES string of the molecule is [NH]CCCC(N)=O. The molecule has 0 rings (SSSR count). The summed E-state index contributed by atoms with van der Waals surface area (Å²) in [5, 5.41) is 0. The second-order valence-electron chi connectivity index (χ2n) is 1.32. The van der Waals surface area contributed by atoms with E-state index in [-0.39, 0.29) is 5.91 Å². The molecule has 0 fully saturated rings. The zero-order valence-electron chi connectivity index (χ0n) is 4.11. The van der Waals surface area contributed by atoms with Gasteiger partial charge in [0.1, 0.15) is 0 Å². The van der Waals surface area contributed by atoms with Gasteiger partial charge in [-0.2, -0.15) is 0 Å². The summed E-state index contributed by atoms with van der Waals surface area (Å²) in [6.45, 7) is 0.295. The third-order valence-corrected chi connectivity index (χ3v) is 0.600. The average molecular weight is 101 g/mol. The molecule has 0 aliphatic rings. The van der Waals surface area contributed by atoms with Crippen LogP contribution in [0.4, 0.5) is 0 Å². The Morgan fingerprint density at radius 2 is 2.29 bits per heavy atom. The smallest absolute Gasteiger partial charge is 0.217 e. The molecule has 1 radical (unpaired) electrons. The van der Waals surface area contributed by atoms with E-state index in [9.17, 15) is 4.79 Å². The molecule has 0 atom stereocenters. The molecule has 7 heavy (non-hydrogen) atoms. The van der Waals surface area contributed by atoms with E-state index in [0.29, 0.717) is 19.4 Å². The Bertz CT molecular complexity index is 62.7. The Balaban J connectivity index is 2.82. The minimum Gasteiger partial charge on any atom is -0.370 e. The van der Waals surface area contributed by atoms with E-state index in [1.54, 1.807) is 0 Å². The van der Waals surface area contributed by atoms with Crippen molar-refractivity contribution in [3.8, 4) is 0 Å². The van der Waals surface area contributed by atoms with Crippen molar-refractivity contribution in [3.63, 3.8) is 0 Å². The molecular formula is C4H9N2O. The highest BCUT2D eigenvalue weighted by molar-refractivity contribution is 5.73. The van der Waals surface area contributed by atoms with E-state index >= 15 is 0 Å². The molecule has 3 N–H and O–H groups in total. The van der Waals surface area contributed by atoms with Crippen LogP contribution in [-0.2, 0) is 4.79 Å². The van der Waals surface area contributed by atoms with E-state index in [2.05, 4.69) is 0 Å². The van der Waals surface area contributed by atoms with Gasteiger partial charge in [0.15, 0.2) is 0 Å². The number of amides is 1. The Morgan fingerprint density at radius 3 is 2.43 bits per heavy atom. The Morgan fingerprint density at radius 1 is 1.71 bits per heavy atom. The van der Waals surface area contributed by atoms with Crippen molar-refractivity contribution in [2.45, 2.75) is 12.8 Å². The molecule has 0 aliphatic heterocycles. The van der Waals surface area contributed by atoms with Gasteiger partial charge in [0.2, 0.25) is 5.91 Å². The molecule has 3 heteroatoms. The van der Waals surface area contributed by atoms with E-state index in [4.69, 9.17) is 11.5 Å². The lowest BCUT2D eigenvalue weighted by atomic mass is 10.3. The van der Waals surface area contributed by atoms with Crippen molar-refractivity contribution >= 4 is 5.91 Å². The maximum Gasteiger partial charge on any atom is 0.217 e. The van der Waals surface area contributed by atoms with Crippen LogP contribution in [0.25, 0.3) is 0 Å². The Hall–Kier alpha value is -0.570. The fraction of sp³-hybridized carbons (Fsp3) is 0.750. The number of carbonyl (C=O) groups is 1. The number of hydrogen-bond acceptors (Lipinski definition) is 1. The van der Waals surface area contributed by atoms with Gasteiger partial charge >= 0.3 is 0 Å². The van der Waals surface area contributed by atoms with Crippen LogP contribution in [0.2, 0.25) is 0 Å². The molecule has 0 saturated carbocycles. The van der Waals surface area contributed by atoms with Gasteiger partial charge in [0.05, 0.1) is 0 Å². The summed E-state index contributed by atoms with van der Waals surface area (Å²) in [5.74, 6) is -0.313. The first-order valence-electron chi connectivity index (χ1n) is 2.20. The molecule has 0 aliphatic carbocycles. The predicted molar refractivity (Wildman–Crippen MR) is 26.4 cm³/mol. The maximum atomic E-state index is 9.90. The summed E-state index contributed by atoms with van der Waals surface area (Å²) in [6.07, 6.45) is 0.943. The van der Waals surface area contributed by atoms with Gasteiger partial charge in [-0.25, -0.2) is 0 Å². The highest BCUT2D eigenvalue weighted by Gasteiger charge is 1.88. The Labute approximate surface area is 42.7 Å². The van der Waals surface area contributed by atoms with Crippen LogP contribution in [-0.4, -0.2) is 12.5 Å². The molecule has 0 aromatic carbocycles. The lowest BCUT2D eigenvalue weighted by Gasteiger charge is -1.86. The van der Waals surface area contributed by atoms with Crippen molar-refractivity contribution in [1.82, 2.24) is 5.73 Å². The highest BCUT2D eigenvalue weighted by atomic mass is 16.1. The highest BCUT2D eigenvalue weighted by Crippen LogP contribution is 1.81. The van der Waals surface area contributed by atoms with Crippen LogP contribution in [0.5, 0.6) is 0 Å². The average Bonchev–Trinajstić information content (AvgIpc) is 1.61. The van der Waals surface area contributed by atoms with Crippen molar-refractivity contribution in [1.29, 1.82) is 0 Å². The van der Waals surface area contributed by atoms with Crippen LogP contribution in [0.15, 0.2) is 0 Å². The number of primary amides is 1. The number of rotatable bonds is 3. The Kier molecular flexibility index (Phi) is 3.32. The molecule has 41 valence electrons. The standard InChI is InChI=1S/C4H9N2O/c5-3-1-2-4(6)7/h5H,1-3H2,(H2,6,7). The lowest BCUT2D eigenvalue weighted by Crippen LogP contribution is -2.10. The third-order valence-electron chi connectivity index (χ3n) is 0.600. The monoisotopic (exact) mass is 101 g/mol.